The largest absolute Gasteiger partial charge is 0.481 e. The molecule has 2 heterocycles. The van der Waals surface area contributed by atoms with Crippen molar-refractivity contribution in [2.45, 2.75) is 205 Å². The van der Waals surface area contributed by atoms with Gasteiger partial charge in [-0.2, -0.15) is 0 Å². The molecule has 9 unspecified atom stereocenters. The molecule has 42 heteroatoms. The SMILES string of the molecule is CCC(CO)OC(CO)OC.CCC(CO)OC(COC(=O)CCCC(=O)NCCSC1CC(=O)N(CCCOCCC(=O)NC)C1=O)OC.CCC(CO)OC(COC(=O)CCCC(=O)N[C@@H](C)C(=O)OCCONC(=O)c1cc(C)c(=O)n(C)c1Nc1ccc(I)cc1F)OC.CCC(CO)OC(COC(=O)CCCC(=O)O)OC. The molecular formula is C75H123FIN7O32S. The summed E-state index contributed by atoms with van der Waals surface area (Å²) >= 11 is 3.28. The van der Waals surface area contributed by atoms with Crippen LogP contribution in [0.3, 0.4) is 0 Å². The Bertz CT molecular complexity index is 3270. The molecule has 1 aromatic carbocycles. The fourth-order valence-corrected chi connectivity index (χ4v) is 11.0. The van der Waals surface area contributed by atoms with Crippen LogP contribution in [0.1, 0.15) is 153 Å². The third-order valence-corrected chi connectivity index (χ3v) is 18.3. The van der Waals surface area contributed by atoms with E-state index >= 15 is 0 Å². The number of esters is 4. The zero-order chi connectivity index (χ0) is 88.2. The Morgan fingerprint density at radius 2 is 1.09 bits per heavy atom. The number of methoxy groups -OCH3 is 4. The molecule has 10 atom stereocenters. The molecule has 0 bridgehead atoms. The number of carbonyl (C=O) groups is 11. The molecular weight excluding hydrogens is 1690 g/mol. The first-order valence-corrected chi connectivity index (χ1v) is 40.3. The molecule has 1 saturated heterocycles. The van der Waals surface area contributed by atoms with Crippen molar-refractivity contribution in [2.24, 2.45) is 7.05 Å². The molecule has 0 aliphatic carbocycles. The van der Waals surface area contributed by atoms with Crippen LogP contribution in [0.2, 0.25) is 0 Å². The highest BCUT2D eigenvalue weighted by Gasteiger charge is 2.38. The van der Waals surface area contributed by atoms with Gasteiger partial charge in [-0.05, 0) is 112 Å². The first-order valence-electron chi connectivity index (χ1n) is 38.1. The number of hydrogen-bond donors (Lipinski definition) is 11. The lowest BCUT2D eigenvalue weighted by molar-refractivity contribution is -0.194. The summed E-state index contributed by atoms with van der Waals surface area (Å²) in [7, 11) is 8.65. The fourth-order valence-electron chi connectivity index (χ4n) is 9.47. The van der Waals surface area contributed by atoms with Crippen LogP contribution in [-0.4, -0.2) is 300 Å². The zero-order valence-corrected chi connectivity index (χ0v) is 71.8. The number of carboxylic acid groups (broad SMARTS) is 1. The summed E-state index contributed by atoms with van der Waals surface area (Å²) in [4.78, 5) is 150. The van der Waals surface area contributed by atoms with E-state index in [1.807, 2.05) is 50.3 Å². The van der Waals surface area contributed by atoms with Crippen molar-refractivity contribution in [2.75, 3.05) is 139 Å². The van der Waals surface area contributed by atoms with Crippen LogP contribution in [0.25, 0.3) is 0 Å². The van der Waals surface area contributed by atoms with Gasteiger partial charge in [0.25, 0.3) is 11.5 Å². The third kappa shape index (κ3) is 49.2. The van der Waals surface area contributed by atoms with Gasteiger partial charge in [0.2, 0.25) is 29.5 Å². The Morgan fingerprint density at radius 1 is 0.607 bits per heavy atom. The number of carbonyl (C=O) groups excluding carboxylic acids is 10. The lowest BCUT2D eigenvalue weighted by Crippen LogP contribution is -2.40. The number of hydrogen-bond acceptors (Lipinski definition) is 33. The predicted octanol–water partition coefficient (Wildman–Crippen LogP) is 2.63. The number of aliphatic hydroxyl groups is 5. The van der Waals surface area contributed by atoms with Gasteiger partial charge in [-0.15, -0.1) is 11.8 Å². The quantitative estimate of drug-likeness (QED) is 0.00862. The van der Waals surface area contributed by atoms with Gasteiger partial charge in [0.15, 0.2) is 25.2 Å². The maximum atomic E-state index is 14.5. The standard InChI is InChI=1S/C31H42FIN4O11.C25H43N3O10S.C12H22O7.C7H16O4/c1-6-21(16-38)48-27(44-5)17-46-26(40)9-7-8-25(39)34-19(3)31(43)45-12-13-47-36-29(41)22-14-18(2)30(42)37(4)28(22)35-24-11-10-20(33)15-23(24)32;1-4-18(16-29)38-24(35-3)17-37-23(33)8-5-7-21(31)27-10-14-39-19-15-22(32)28(25(19)34)11-6-12-36-13-9-20(30)26-2;1-3-9(7-13)19-12(17-2)8-18-11(16)6-4-5-10(14)15;1-3-6(4-8)11-7(5-9)10-2/h10-11,14-15,19,21,27,35,38H,6-9,12-13,16-17H2,1-5H3,(H,34,39)(H,36,41);18-19,24,29H,4-17H2,1-3H3,(H,26,30)(H,27,31);9,12-13H,3-8H2,1-2H3,(H,14,15);6-9H,3-5H2,1-2H3/t19-,21?,27?;;;/m0.../s1. The molecule has 2 aromatic rings. The number of carboxylic acids is 1. The Balaban J connectivity index is 0.00000173. The third-order valence-electron chi connectivity index (χ3n) is 16.4. The lowest BCUT2D eigenvalue weighted by atomic mass is 10.1. The molecule has 0 radical (unpaired) electrons. The molecule has 39 nitrogen and oxygen atoms in total. The van der Waals surface area contributed by atoms with Gasteiger partial charge < -0.3 is 113 Å². The van der Waals surface area contributed by atoms with Gasteiger partial charge in [-0.1, -0.05) is 27.7 Å². The minimum Gasteiger partial charge on any atom is -0.481 e. The van der Waals surface area contributed by atoms with Gasteiger partial charge in [0.05, 0.1) is 80.6 Å². The number of rotatable bonds is 59. The van der Waals surface area contributed by atoms with Gasteiger partial charge in [0.1, 0.15) is 50.7 Å². The molecule has 670 valence electrons. The predicted molar refractivity (Wildman–Crippen MR) is 427 cm³/mol. The van der Waals surface area contributed by atoms with E-state index in [-0.39, 0.29) is 207 Å². The molecule has 6 amide bonds. The van der Waals surface area contributed by atoms with Crippen molar-refractivity contribution in [1.82, 2.24) is 30.9 Å². The van der Waals surface area contributed by atoms with Crippen LogP contribution in [0.5, 0.6) is 0 Å². The highest BCUT2D eigenvalue weighted by molar-refractivity contribution is 14.1. The maximum Gasteiger partial charge on any atom is 0.328 e. The van der Waals surface area contributed by atoms with E-state index in [0.29, 0.717) is 61.0 Å². The number of anilines is 2. The number of pyridine rings is 1. The van der Waals surface area contributed by atoms with E-state index in [4.69, 9.17) is 86.8 Å². The van der Waals surface area contributed by atoms with Gasteiger partial charge >= 0.3 is 29.8 Å². The number of ether oxygens (including phenoxy) is 13. The summed E-state index contributed by atoms with van der Waals surface area (Å²) in [5.41, 5.74) is 2.15. The van der Waals surface area contributed by atoms with Crippen LogP contribution >= 0.6 is 34.4 Å². The molecule has 0 saturated carbocycles. The molecule has 3 rings (SSSR count). The average molecular weight is 1810 g/mol. The van der Waals surface area contributed by atoms with Crippen LogP contribution in [0, 0.1) is 16.3 Å². The van der Waals surface area contributed by atoms with Crippen LogP contribution < -0.4 is 32.3 Å². The number of benzene rings is 1. The van der Waals surface area contributed by atoms with Crippen molar-refractivity contribution in [3.63, 3.8) is 0 Å². The van der Waals surface area contributed by atoms with E-state index < -0.39 is 96.1 Å². The molecule has 1 aliphatic heterocycles. The average Bonchev–Trinajstić information content (AvgIpc) is 1.53. The number of nitrogens with one attached hydrogen (secondary N) is 5. The summed E-state index contributed by atoms with van der Waals surface area (Å²) in [6, 6.07) is 4.78. The summed E-state index contributed by atoms with van der Waals surface area (Å²) < 4.78 is 83.2. The van der Waals surface area contributed by atoms with Crippen LogP contribution in [0.15, 0.2) is 29.1 Å². The van der Waals surface area contributed by atoms with Crippen molar-refractivity contribution < 1.29 is 154 Å². The number of hydroxylamine groups is 1. The van der Waals surface area contributed by atoms with Gasteiger partial charge in [-0.25, -0.2) is 14.7 Å². The van der Waals surface area contributed by atoms with Crippen molar-refractivity contribution in [3.05, 3.63) is 55.1 Å². The number of halogens is 2. The van der Waals surface area contributed by atoms with E-state index in [1.54, 1.807) is 13.1 Å². The van der Waals surface area contributed by atoms with Gasteiger partial charge in [0, 0.05) is 128 Å². The van der Waals surface area contributed by atoms with E-state index in [0.717, 1.165) is 0 Å². The topological polar surface area (TPSA) is 524 Å². The second-order valence-corrected chi connectivity index (χ2v) is 27.9. The first-order chi connectivity index (χ1) is 55.9. The Hall–Kier alpha value is -7.25. The number of imide groups is 1. The highest BCUT2D eigenvalue weighted by atomic mass is 127. The normalized spacial score (nSPS) is 14.6. The number of aromatic nitrogens is 1. The Labute approximate surface area is 699 Å². The number of likely N-dealkylation sites (tertiary alicyclic amines) is 1. The maximum absolute atomic E-state index is 14.5. The van der Waals surface area contributed by atoms with E-state index in [9.17, 15) is 72.1 Å². The van der Waals surface area contributed by atoms with E-state index in [1.165, 1.54) is 88.8 Å². The second kappa shape index (κ2) is 66.5. The number of amides is 6. The number of aryl methyl sites for hydroxylation is 1. The highest BCUT2D eigenvalue weighted by Crippen LogP contribution is 2.27. The number of nitrogens with zero attached hydrogens (tertiary/aromatic N) is 2. The molecule has 0 spiro atoms. The summed E-state index contributed by atoms with van der Waals surface area (Å²) in [6.07, 6.45) is -0.290. The second-order valence-electron chi connectivity index (χ2n) is 25.4. The van der Waals surface area contributed by atoms with Crippen molar-refractivity contribution >= 4 is 111 Å². The van der Waals surface area contributed by atoms with Crippen molar-refractivity contribution in [3.8, 4) is 0 Å². The summed E-state index contributed by atoms with van der Waals surface area (Å²) in [6.45, 7) is 10.0. The Kier molecular flexibility index (Phi) is 62.4. The summed E-state index contributed by atoms with van der Waals surface area (Å²) in [5, 5.41) is 63.2. The lowest BCUT2D eigenvalue weighted by Gasteiger charge is -2.21. The molecule has 117 heavy (non-hydrogen) atoms. The zero-order valence-electron chi connectivity index (χ0n) is 68.9. The Morgan fingerprint density at radius 3 is 1.55 bits per heavy atom. The first kappa shape index (κ1) is 110. The van der Waals surface area contributed by atoms with Gasteiger partial charge in [-0.3, -0.25) is 67.0 Å². The van der Waals surface area contributed by atoms with E-state index in [2.05, 4.69) is 26.7 Å². The van der Waals surface area contributed by atoms with Crippen LogP contribution in [0.4, 0.5) is 15.9 Å². The fraction of sp³-hybridized carbons (Fsp3) is 0.707. The van der Waals surface area contributed by atoms with Crippen molar-refractivity contribution in [1.29, 1.82) is 0 Å². The number of thioether (sulfide) groups is 1. The molecule has 1 fully saturated rings. The molecule has 1 aliphatic rings. The van der Waals surface area contributed by atoms with Crippen LogP contribution in [-0.2, 0) is 121 Å². The minimum absolute atomic E-state index is 0.00508. The smallest absolute Gasteiger partial charge is 0.328 e. The number of aliphatic hydroxyl groups excluding tert-OH is 5. The molecule has 1 aromatic heterocycles. The number of aliphatic carboxylic acids is 1. The minimum atomic E-state index is -0.999. The summed E-state index contributed by atoms with van der Waals surface area (Å²) in [5.74, 6) is -5.32. The monoisotopic (exact) mass is 1810 g/mol. The molecule has 11 N–H and O–H groups in total.